The van der Waals surface area contributed by atoms with Crippen LogP contribution in [0.4, 0.5) is 0 Å². The quantitative estimate of drug-likeness (QED) is 0.293. The van der Waals surface area contributed by atoms with E-state index < -0.39 is 0 Å². The molecule has 135 valence electrons. The Labute approximate surface area is 177 Å². The summed E-state index contributed by atoms with van der Waals surface area (Å²) in [5.74, 6) is 0. The topological polar surface area (TPSA) is 23.8 Å². The zero-order valence-corrected chi connectivity index (χ0v) is 18.4. The summed E-state index contributed by atoms with van der Waals surface area (Å²) in [5, 5.41) is 2.69. The molecule has 1 radical (unpaired) electrons. The van der Waals surface area contributed by atoms with Crippen LogP contribution in [0.2, 0.25) is 0 Å². The van der Waals surface area contributed by atoms with Gasteiger partial charge in [0, 0.05) is 0 Å². The molecule has 3 aromatic carbocycles. The fraction of sp³-hybridized carbons (Fsp3) is 0.250. The Balaban J connectivity index is -0.000000284. The normalized spacial score (nSPS) is 8.60. The van der Waals surface area contributed by atoms with Crippen molar-refractivity contribution in [3.05, 3.63) is 84.1 Å². The molecule has 0 amide bonds. The predicted octanol–water partition coefficient (Wildman–Crippen LogP) is 6.65. The van der Waals surface area contributed by atoms with Crippen LogP contribution in [-0.2, 0) is 19.8 Å². The van der Waals surface area contributed by atoms with Crippen LogP contribution in [0.5, 0.6) is 0 Å². The van der Waals surface area contributed by atoms with Crippen molar-refractivity contribution in [2.45, 2.75) is 33.2 Å². The molecule has 0 heterocycles. The van der Waals surface area contributed by atoms with Crippen molar-refractivity contribution < 1.29 is 19.8 Å². The van der Waals surface area contributed by atoms with Crippen molar-refractivity contribution in [1.82, 2.24) is 0 Å². The second-order valence-corrected chi connectivity index (χ2v) is 5.99. The smallest absolute Gasteiger partial charge is 0.171 e. The molecule has 1 N–H and O–H groups in total. The fourth-order valence-corrected chi connectivity index (χ4v) is 1.65. The van der Waals surface area contributed by atoms with E-state index in [9.17, 15) is 0 Å². The van der Waals surface area contributed by atoms with Gasteiger partial charge in [0.25, 0.3) is 0 Å². The maximum absolute atomic E-state index is 6.94. The number of halogens is 2. The van der Waals surface area contributed by atoms with Crippen LogP contribution in [0.15, 0.2) is 66.7 Å². The molecule has 0 aliphatic carbocycles. The van der Waals surface area contributed by atoms with Gasteiger partial charge in [0.1, 0.15) is 0 Å². The molecule has 5 heteroatoms. The maximum Gasteiger partial charge on any atom is -0.171 e. The Kier molecular flexibility index (Phi) is 19.6. The van der Waals surface area contributed by atoms with E-state index in [0.29, 0.717) is 0 Å². The van der Waals surface area contributed by atoms with Crippen LogP contribution < -0.4 is 0 Å². The molecule has 0 saturated heterocycles. The molecule has 0 unspecified atom stereocenters. The molecule has 3 aromatic rings. The van der Waals surface area contributed by atoms with E-state index >= 15 is 0 Å². The van der Waals surface area contributed by atoms with Gasteiger partial charge >= 0.3 is 25.3 Å². The Bertz CT molecular complexity index is 586. The largest absolute Gasteiger partial charge is 0.184 e. The number of hydrogen-bond donors (Lipinski definition) is 0. The van der Waals surface area contributed by atoms with Gasteiger partial charge in [-0.05, 0) is 0 Å². The van der Waals surface area contributed by atoms with Gasteiger partial charge in [-0.1, -0.05) is 33.8 Å². The van der Waals surface area contributed by atoms with Gasteiger partial charge < -0.3 is 5.73 Å². The molecule has 25 heavy (non-hydrogen) atoms. The zero-order chi connectivity index (χ0) is 17.7. The maximum atomic E-state index is 6.94. The molecule has 0 aromatic heterocycles. The van der Waals surface area contributed by atoms with Crippen LogP contribution in [0.25, 0.3) is 16.5 Å². The molecule has 0 spiro atoms. The van der Waals surface area contributed by atoms with Crippen molar-refractivity contribution in [1.29, 1.82) is 0 Å². The van der Waals surface area contributed by atoms with E-state index in [0.717, 1.165) is 0 Å². The summed E-state index contributed by atoms with van der Waals surface area (Å²) in [7, 11) is 0. The predicted molar refractivity (Wildman–Crippen MR) is 114 cm³/mol. The van der Waals surface area contributed by atoms with Crippen molar-refractivity contribution >= 4 is 41.2 Å². The minimum Gasteiger partial charge on any atom is -0.184 e. The first-order chi connectivity index (χ1) is 10.9. The first kappa shape index (κ1) is 29.1. The van der Waals surface area contributed by atoms with Crippen LogP contribution in [0.1, 0.15) is 26.3 Å². The number of hydrogen-bond acceptors (Lipinski definition) is 0. The van der Waals surface area contributed by atoms with Crippen LogP contribution >= 0.6 is 24.8 Å². The zero-order valence-electron chi connectivity index (χ0n) is 15.2. The monoisotopic (exact) mass is 409 g/mol. The Morgan fingerprint density at radius 2 is 1.44 bits per heavy atom. The van der Waals surface area contributed by atoms with Crippen molar-refractivity contribution in [3.63, 3.8) is 0 Å². The minimum atomic E-state index is -0.250. The third-order valence-corrected chi connectivity index (χ3v) is 2.37. The Morgan fingerprint density at radius 3 is 1.80 bits per heavy atom. The first-order valence-electron chi connectivity index (χ1n) is 7.43. The van der Waals surface area contributed by atoms with Crippen molar-refractivity contribution in [2.75, 3.05) is 0 Å². The first-order valence-corrected chi connectivity index (χ1v) is 8.33. The molecular weight excluding hydrogens is 384 g/mol. The summed E-state index contributed by atoms with van der Waals surface area (Å²) < 4.78 is 0. The van der Waals surface area contributed by atoms with E-state index in [2.05, 4.69) is 55.0 Å². The number of aryl methyl sites for hydroxylation is 1. The summed E-state index contributed by atoms with van der Waals surface area (Å²) >= 11 is 1.50. The van der Waals surface area contributed by atoms with Crippen LogP contribution in [0.3, 0.4) is 0 Å². The van der Waals surface area contributed by atoms with Gasteiger partial charge in [-0.25, -0.2) is 0 Å². The minimum absolute atomic E-state index is 0. The van der Waals surface area contributed by atoms with Gasteiger partial charge in [0.15, 0.2) is 0 Å². The molecule has 0 fully saturated rings. The molecular formula is C20H26BCl2NTi-3. The molecule has 0 aliphatic heterocycles. The van der Waals surface area contributed by atoms with E-state index in [1.54, 1.807) is 0 Å². The number of nitrogens with one attached hydrogen (secondary N) is 1. The summed E-state index contributed by atoms with van der Waals surface area (Å²) in [6.45, 7) is 7.69. The molecule has 0 saturated carbocycles. The van der Waals surface area contributed by atoms with E-state index in [4.69, 9.17) is 5.73 Å². The third kappa shape index (κ3) is 18.0. The average Bonchev–Trinajstić information content (AvgIpc) is 2.90. The number of fused-ring (bicyclic) bond motifs is 1. The van der Waals surface area contributed by atoms with Gasteiger partial charge in [0.05, 0.1) is 0 Å². The van der Waals surface area contributed by atoms with Crippen LogP contribution in [-0.4, -0.2) is 11.1 Å². The van der Waals surface area contributed by atoms with Crippen molar-refractivity contribution in [2.24, 2.45) is 0 Å². The third-order valence-electron chi connectivity index (χ3n) is 2.37. The number of rotatable bonds is 0. The van der Waals surface area contributed by atoms with E-state index in [-0.39, 0.29) is 30.4 Å². The summed E-state index contributed by atoms with van der Waals surface area (Å²) in [4.78, 5) is 0. The molecule has 0 aliphatic rings. The van der Waals surface area contributed by atoms with E-state index in [1.807, 2.05) is 51.1 Å². The Morgan fingerprint density at radius 1 is 0.960 bits per heavy atom. The van der Waals surface area contributed by atoms with Crippen molar-refractivity contribution in [3.8, 4) is 0 Å². The molecule has 0 atom stereocenters. The summed E-state index contributed by atoms with van der Waals surface area (Å²) in [6, 6.07) is 25.3. The molecule has 1 nitrogen and oxygen atoms in total. The number of benzene rings is 2. The standard InChI is InChI=1S/C10H9.C6H5.C4H10N.B.2ClH.Ti/c1-8-6-9-4-2-3-5-10(9)7-8;1-2-4-6-5-3-1;1-4(2,3)5;;;;/h2-7H,1H3;1-5H;5H,1-3H3;;2*1H;/q3*-1;;;;. The average molecular weight is 410 g/mol. The Hall–Kier alpha value is -0.631. The SMILES string of the molecule is CC(C)(C)[NH-].Cc1cc2ccccc2[cH-]1.Cl.Cl.[B]=[Ti].[c-]1ccccc1. The van der Waals surface area contributed by atoms with E-state index in [1.165, 1.54) is 36.1 Å². The second-order valence-electron chi connectivity index (χ2n) is 5.99. The fourth-order valence-electron chi connectivity index (χ4n) is 1.65. The van der Waals surface area contributed by atoms with Gasteiger partial charge in [-0.15, -0.1) is 71.0 Å². The van der Waals surface area contributed by atoms with Gasteiger partial charge in [0.2, 0.25) is 0 Å². The summed E-state index contributed by atoms with van der Waals surface area (Å²) in [6.07, 6.45) is 0. The molecule has 0 bridgehead atoms. The second kappa shape index (κ2) is 16.8. The van der Waals surface area contributed by atoms with Gasteiger partial charge in [-0.2, -0.15) is 42.5 Å². The van der Waals surface area contributed by atoms with Gasteiger partial charge in [-0.3, -0.25) is 0 Å². The van der Waals surface area contributed by atoms with Crippen LogP contribution in [0, 0.1) is 13.0 Å². The molecule has 3 rings (SSSR count). The summed E-state index contributed by atoms with van der Waals surface area (Å²) in [5.41, 5.74) is 12.5.